The van der Waals surface area contributed by atoms with Crippen LogP contribution in [0.5, 0.6) is 5.75 Å². The van der Waals surface area contributed by atoms with Gasteiger partial charge in [0, 0.05) is 6.54 Å². The number of hydrogen-bond donors (Lipinski definition) is 1. The summed E-state index contributed by atoms with van der Waals surface area (Å²) in [5.74, 6) is 0.958. The Morgan fingerprint density at radius 2 is 1.85 bits per heavy atom. The third-order valence-electron chi connectivity index (χ3n) is 3.26. The molecule has 0 fully saturated rings. The molecule has 0 spiro atoms. The Labute approximate surface area is 132 Å². The number of rotatable bonds is 11. The van der Waals surface area contributed by atoms with Gasteiger partial charge in [-0.2, -0.15) is 0 Å². The Balaban J connectivity index is 2.28. The van der Waals surface area contributed by atoms with Crippen LogP contribution in [0, 0.1) is 0 Å². The van der Waals surface area contributed by atoms with Gasteiger partial charge in [0.2, 0.25) is 0 Å². The molecule has 0 amide bonds. The molecule has 0 aliphatic rings. The first-order chi connectivity index (χ1) is 9.77. The van der Waals surface area contributed by atoms with E-state index in [0.29, 0.717) is 0 Å². The number of hydrogen-bond acceptors (Lipinski definition) is 2. The van der Waals surface area contributed by atoms with Crippen LogP contribution in [0.15, 0.2) is 22.7 Å². The summed E-state index contributed by atoms with van der Waals surface area (Å²) in [6, 6.07) is 6.36. The summed E-state index contributed by atoms with van der Waals surface area (Å²) in [6.07, 6.45) is 7.53. The van der Waals surface area contributed by atoms with E-state index >= 15 is 0 Å². The third-order valence-corrected chi connectivity index (χ3v) is 3.88. The lowest BCUT2D eigenvalue weighted by Gasteiger charge is -2.10. The first-order valence-electron chi connectivity index (χ1n) is 7.89. The Bertz CT molecular complexity index is 368. The van der Waals surface area contributed by atoms with Crippen molar-refractivity contribution in [2.75, 3.05) is 13.2 Å². The Kier molecular flexibility index (Phi) is 9.77. The molecule has 0 bridgehead atoms. The molecule has 0 aliphatic carbocycles. The summed E-state index contributed by atoms with van der Waals surface area (Å²) in [7, 11) is 0. The normalized spacial score (nSPS) is 10.8. The molecule has 2 nitrogen and oxygen atoms in total. The summed E-state index contributed by atoms with van der Waals surface area (Å²) in [5.41, 5.74) is 1.29. The molecule has 1 aromatic carbocycles. The fraction of sp³-hybridized carbons (Fsp3) is 0.647. The van der Waals surface area contributed by atoms with Crippen LogP contribution in [0.2, 0.25) is 0 Å². The number of unbranched alkanes of at least 4 members (excludes halogenated alkanes) is 4. The lowest BCUT2D eigenvalue weighted by Crippen LogP contribution is -2.13. The highest BCUT2D eigenvalue weighted by Gasteiger charge is 2.02. The summed E-state index contributed by atoms with van der Waals surface area (Å²) >= 11 is 3.60. The van der Waals surface area contributed by atoms with Gasteiger partial charge >= 0.3 is 0 Å². The van der Waals surface area contributed by atoms with Gasteiger partial charge in [-0.25, -0.2) is 0 Å². The number of halogens is 1. The van der Waals surface area contributed by atoms with Crippen LogP contribution in [0.1, 0.15) is 57.9 Å². The molecular weight excluding hydrogens is 314 g/mol. The van der Waals surface area contributed by atoms with Crippen molar-refractivity contribution in [1.82, 2.24) is 5.32 Å². The molecule has 1 N–H and O–H groups in total. The van der Waals surface area contributed by atoms with Crippen LogP contribution < -0.4 is 10.1 Å². The molecule has 0 aromatic heterocycles. The van der Waals surface area contributed by atoms with Gasteiger partial charge < -0.3 is 10.1 Å². The largest absolute Gasteiger partial charge is 0.492 e. The molecule has 0 saturated heterocycles. The van der Waals surface area contributed by atoms with Crippen molar-refractivity contribution in [1.29, 1.82) is 0 Å². The molecule has 3 heteroatoms. The number of benzene rings is 1. The minimum atomic E-state index is 0.815. The quantitative estimate of drug-likeness (QED) is 0.551. The molecule has 0 radical (unpaired) electrons. The Morgan fingerprint density at radius 1 is 1.05 bits per heavy atom. The maximum Gasteiger partial charge on any atom is 0.133 e. The fourth-order valence-electron chi connectivity index (χ4n) is 2.07. The highest BCUT2D eigenvalue weighted by Crippen LogP contribution is 2.26. The molecule has 1 aromatic rings. The van der Waals surface area contributed by atoms with Crippen LogP contribution in [0.4, 0.5) is 0 Å². The second kappa shape index (κ2) is 11.2. The fourth-order valence-corrected chi connectivity index (χ4v) is 2.61. The highest BCUT2D eigenvalue weighted by molar-refractivity contribution is 9.10. The first kappa shape index (κ1) is 17.5. The second-order valence-corrected chi connectivity index (χ2v) is 6.06. The van der Waals surface area contributed by atoms with Crippen molar-refractivity contribution >= 4 is 15.9 Å². The van der Waals surface area contributed by atoms with E-state index in [9.17, 15) is 0 Å². The maximum atomic E-state index is 5.83. The van der Waals surface area contributed by atoms with Gasteiger partial charge in [0.05, 0.1) is 11.1 Å². The van der Waals surface area contributed by atoms with E-state index in [2.05, 4.69) is 53.3 Å². The van der Waals surface area contributed by atoms with Gasteiger partial charge in [-0.05, 0) is 53.0 Å². The minimum Gasteiger partial charge on any atom is -0.492 e. The van der Waals surface area contributed by atoms with Crippen molar-refractivity contribution in [2.45, 2.75) is 58.9 Å². The van der Waals surface area contributed by atoms with E-state index in [-0.39, 0.29) is 0 Å². The zero-order valence-electron chi connectivity index (χ0n) is 12.9. The molecule has 0 aliphatic heterocycles. The zero-order chi connectivity index (χ0) is 14.6. The predicted molar refractivity (Wildman–Crippen MR) is 90.4 cm³/mol. The van der Waals surface area contributed by atoms with E-state index in [0.717, 1.165) is 36.3 Å². The lowest BCUT2D eigenvalue weighted by molar-refractivity contribution is 0.302. The Hall–Kier alpha value is -0.540. The summed E-state index contributed by atoms with van der Waals surface area (Å²) < 4.78 is 6.89. The first-order valence-corrected chi connectivity index (χ1v) is 8.69. The van der Waals surface area contributed by atoms with Crippen molar-refractivity contribution in [3.8, 4) is 5.75 Å². The SMILES string of the molecule is CCCCCCCOc1ccc(CNCCC)cc1Br. The number of nitrogens with one attached hydrogen (secondary N) is 1. The number of ether oxygens (including phenoxy) is 1. The van der Waals surface area contributed by atoms with Gasteiger partial charge in [-0.3, -0.25) is 0 Å². The molecule has 0 heterocycles. The molecule has 1 rings (SSSR count). The van der Waals surface area contributed by atoms with E-state index in [1.807, 2.05) is 0 Å². The molecule has 0 unspecified atom stereocenters. The third kappa shape index (κ3) is 7.30. The molecule has 20 heavy (non-hydrogen) atoms. The van der Waals surface area contributed by atoms with E-state index < -0.39 is 0 Å². The zero-order valence-corrected chi connectivity index (χ0v) is 14.5. The van der Waals surface area contributed by atoms with E-state index in [4.69, 9.17) is 4.74 Å². The molecule has 0 saturated carbocycles. The molecular formula is C17H28BrNO. The van der Waals surface area contributed by atoms with Gasteiger partial charge in [0.15, 0.2) is 0 Å². The van der Waals surface area contributed by atoms with Gasteiger partial charge in [-0.15, -0.1) is 0 Å². The van der Waals surface area contributed by atoms with Crippen LogP contribution in [-0.2, 0) is 6.54 Å². The summed E-state index contributed by atoms with van der Waals surface area (Å²) in [6.45, 7) is 7.22. The molecule has 114 valence electrons. The van der Waals surface area contributed by atoms with Crippen LogP contribution >= 0.6 is 15.9 Å². The van der Waals surface area contributed by atoms with Gasteiger partial charge in [-0.1, -0.05) is 45.6 Å². The topological polar surface area (TPSA) is 21.3 Å². The smallest absolute Gasteiger partial charge is 0.133 e. The van der Waals surface area contributed by atoms with Crippen LogP contribution in [0.3, 0.4) is 0 Å². The van der Waals surface area contributed by atoms with Crippen LogP contribution in [0.25, 0.3) is 0 Å². The second-order valence-electron chi connectivity index (χ2n) is 5.20. The van der Waals surface area contributed by atoms with Crippen LogP contribution in [-0.4, -0.2) is 13.2 Å². The summed E-state index contributed by atoms with van der Waals surface area (Å²) in [5, 5.41) is 3.41. The Morgan fingerprint density at radius 3 is 2.55 bits per heavy atom. The minimum absolute atomic E-state index is 0.815. The van der Waals surface area contributed by atoms with Crippen molar-refractivity contribution in [2.24, 2.45) is 0 Å². The van der Waals surface area contributed by atoms with E-state index in [1.54, 1.807) is 0 Å². The average molecular weight is 342 g/mol. The average Bonchev–Trinajstić information content (AvgIpc) is 2.45. The van der Waals surface area contributed by atoms with Crippen molar-refractivity contribution < 1.29 is 4.74 Å². The predicted octanol–water partition coefficient (Wildman–Crippen LogP) is 5.30. The lowest BCUT2D eigenvalue weighted by atomic mass is 10.2. The van der Waals surface area contributed by atoms with Gasteiger partial charge in [0.25, 0.3) is 0 Å². The monoisotopic (exact) mass is 341 g/mol. The standard InChI is InChI=1S/C17H28BrNO/c1-3-5-6-7-8-12-20-17-10-9-15(13-16(17)18)14-19-11-4-2/h9-10,13,19H,3-8,11-12,14H2,1-2H3. The molecule has 0 atom stereocenters. The van der Waals surface area contributed by atoms with Gasteiger partial charge in [0.1, 0.15) is 5.75 Å². The van der Waals surface area contributed by atoms with E-state index in [1.165, 1.54) is 37.7 Å². The summed E-state index contributed by atoms with van der Waals surface area (Å²) in [4.78, 5) is 0. The van der Waals surface area contributed by atoms with Crippen molar-refractivity contribution in [3.05, 3.63) is 28.2 Å². The maximum absolute atomic E-state index is 5.83. The van der Waals surface area contributed by atoms with Crippen molar-refractivity contribution in [3.63, 3.8) is 0 Å². The highest BCUT2D eigenvalue weighted by atomic mass is 79.9.